The highest BCUT2D eigenvalue weighted by Gasteiger charge is 2.11. The quantitative estimate of drug-likeness (QED) is 0.661. The van der Waals surface area contributed by atoms with Gasteiger partial charge in [-0.3, -0.25) is 0 Å². The van der Waals surface area contributed by atoms with E-state index in [1.807, 2.05) is 24.4 Å². The number of benzene rings is 1. The van der Waals surface area contributed by atoms with Crippen molar-refractivity contribution in [2.75, 3.05) is 7.11 Å². The number of nitrogens with zero attached hydrogens (tertiary/aromatic N) is 2. The lowest BCUT2D eigenvalue weighted by Crippen LogP contribution is -1.97. The Labute approximate surface area is 127 Å². The molecule has 0 unspecified atom stereocenters. The number of unbranched alkanes of at least 4 members (excludes halogenated alkanes) is 4. The van der Waals surface area contributed by atoms with Crippen molar-refractivity contribution in [3.05, 3.63) is 42.4 Å². The first-order valence-electron chi connectivity index (χ1n) is 7.79. The zero-order valence-electron chi connectivity index (χ0n) is 13.0. The van der Waals surface area contributed by atoms with Gasteiger partial charge in [-0.15, -0.1) is 0 Å². The summed E-state index contributed by atoms with van der Waals surface area (Å²) in [4.78, 5) is 8.67. The van der Waals surface area contributed by atoms with Crippen molar-refractivity contribution in [3.8, 4) is 17.0 Å². The summed E-state index contributed by atoms with van der Waals surface area (Å²) in [6, 6.07) is 8.03. The minimum atomic E-state index is 0.864. The summed E-state index contributed by atoms with van der Waals surface area (Å²) >= 11 is 0. The normalized spacial score (nSPS) is 10.6. The molecule has 1 heterocycles. The van der Waals surface area contributed by atoms with Crippen LogP contribution in [0.25, 0.3) is 11.3 Å². The summed E-state index contributed by atoms with van der Waals surface area (Å²) in [7, 11) is 1.70. The van der Waals surface area contributed by atoms with Crippen molar-refractivity contribution in [2.24, 2.45) is 0 Å². The number of methoxy groups -OCH3 is 1. The fourth-order valence-corrected chi connectivity index (χ4v) is 2.54. The molecule has 0 spiro atoms. The Kier molecular flexibility index (Phi) is 6.20. The van der Waals surface area contributed by atoms with Crippen LogP contribution in [-0.4, -0.2) is 17.1 Å². The number of hydrogen-bond acceptors (Lipinski definition) is 3. The molecule has 2 rings (SSSR count). The van der Waals surface area contributed by atoms with Gasteiger partial charge in [-0.05, 0) is 30.5 Å². The molecule has 0 aliphatic carbocycles. The summed E-state index contributed by atoms with van der Waals surface area (Å²) in [6.07, 6.45) is 11.0. The lowest BCUT2D eigenvalue weighted by molar-refractivity contribution is 0.416. The Bertz CT molecular complexity index is 554. The van der Waals surface area contributed by atoms with Crippen LogP contribution in [0.1, 0.15) is 44.6 Å². The van der Waals surface area contributed by atoms with Gasteiger partial charge in [-0.25, -0.2) is 9.97 Å². The van der Waals surface area contributed by atoms with Crippen LogP contribution < -0.4 is 4.74 Å². The highest BCUT2D eigenvalue weighted by molar-refractivity contribution is 5.69. The third-order valence-electron chi connectivity index (χ3n) is 3.70. The number of aromatic nitrogens is 2. The van der Waals surface area contributed by atoms with Crippen LogP contribution in [0.2, 0.25) is 0 Å². The van der Waals surface area contributed by atoms with Gasteiger partial charge in [-0.1, -0.05) is 44.7 Å². The molecule has 0 fully saturated rings. The van der Waals surface area contributed by atoms with Gasteiger partial charge >= 0.3 is 0 Å². The van der Waals surface area contributed by atoms with E-state index in [-0.39, 0.29) is 0 Å². The number of rotatable bonds is 8. The highest BCUT2D eigenvalue weighted by Crippen LogP contribution is 2.30. The van der Waals surface area contributed by atoms with E-state index >= 15 is 0 Å². The average molecular weight is 284 g/mol. The predicted octanol–water partition coefficient (Wildman–Crippen LogP) is 4.67. The molecule has 112 valence electrons. The zero-order valence-corrected chi connectivity index (χ0v) is 13.0. The van der Waals surface area contributed by atoms with Crippen molar-refractivity contribution in [3.63, 3.8) is 0 Å². The molecule has 0 saturated carbocycles. The van der Waals surface area contributed by atoms with Crippen LogP contribution in [0.3, 0.4) is 0 Å². The Balaban J connectivity index is 2.13. The molecule has 3 heteroatoms. The van der Waals surface area contributed by atoms with Crippen molar-refractivity contribution in [1.29, 1.82) is 0 Å². The second kappa shape index (κ2) is 8.40. The van der Waals surface area contributed by atoms with Crippen LogP contribution in [0.4, 0.5) is 0 Å². The highest BCUT2D eigenvalue weighted by atomic mass is 16.5. The first kappa shape index (κ1) is 15.5. The Morgan fingerprint density at radius 2 is 1.86 bits per heavy atom. The van der Waals surface area contributed by atoms with E-state index in [4.69, 9.17) is 4.74 Å². The van der Waals surface area contributed by atoms with Crippen LogP contribution in [0.15, 0.2) is 36.8 Å². The second-order valence-electron chi connectivity index (χ2n) is 5.26. The summed E-state index contributed by atoms with van der Waals surface area (Å²) in [5.74, 6) is 0.864. The molecule has 0 amide bonds. The summed E-state index contributed by atoms with van der Waals surface area (Å²) in [6.45, 7) is 2.24. The molecule has 1 aromatic heterocycles. The largest absolute Gasteiger partial charge is 0.496 e. The van der Waals surface area contributed by atoms with E-state index in [9.17, 15) is 0 Å². The van der Waals surface area contributed by atoms with E-state index in [0.717, 1.165) is 23.4 Å². The fraction of sp³-hybridized carbons (Fsp3) is 0.444. The lowest BCUT2D eigenvalue weighted by atomic mass is 10.0. The molecule has 0 radical (unpaired) electrons. The summed E-state index contributed by atoms with van der Waals surface area (Å²) in [5.41, 5.74) is 3.25. The van der Waals surface area contributed by atoms with E-state index < -0.39 is 0 Å². The van der Waals surface area contributed by atoms with Gasteiger partial charge in [-0.2, -0.15) is 0 Å². The summed E-state index contributed by atoms with van der Waals surface area (Å²) < 4.78 is 5.45. The molecular weight excluding hydrogens is 260 g/mol. The number of aryl methyl sites for hydroxylation is 1. The van der Waals surface area contributed by atoms with Crippen molar-refractivity contribution in [2.45, 2.75) is 45.4 Å². The Morgan fingerprint density at radius 3 is 2.67 bits per heavy atom. The molecule has 0 aliphatic rings. The third kappa shape index (κ3) is 4.28. The Morgan fingerprint density at radius 1 is 1.05 bits per heavy atom. The molecule has 0 aliphatic heterocycles. The van der Waals surface area contributed by atoms with E-state index in [0.29, 0.717) is 0 Å². The van der Waals surface area contributed by atoms with Gasteiger partial charge in [0, 0.05) is 11.8 Å². The van der Waals surface area contributed by atoms with Gasteiger partial charge < -0.3 is 4.74 Å². The molecule has 3 nitrogen and oxygen atoms in total. The molecular formula is C18H24N2O. The minimum absolute atomic E-state index is 0.864. The topological polar surface area (TPSA) is 35.0 Å². The molecule has 0 atom stereocenters. The molecule has 21 heavy (non-hydrogen) atoms. The monoisotopic (exact) mass is 284 g/mol. The molecule has 0 N–H and O–H groups in total. The lowest BCUT2D eigenvalue weighted by Gasteiger charge is -2.11. The Hall–Kier alpha value is -1.90. The van der Waals surface area contributed by atoms with E-state index in [1.165, 1.54) is 37.7 Å². The first-order valence-corrected chi connectivity index (χ1v) is 7.79. The van der Waals surface area contributed by atoms with Gasteiger partial charge in [0.05, 0.1) is 12.8 Å². The fourth-order valence-electron chi connectivity index (χ4n) is 2.54. The average Bonchev–Trinajstić information content (AvgIpc) is 2.55. The van der Waals surface area contributed by atoms with Crippen molar-refractivity contribution < 1.29 is 4.74 Å². The van der Waals surface area contributed by atoms with Crippen molar-refractivity contribution in [1.82, 2.24) is 9.97 Å². The van der Waals surface area contributed by atoms with E-state index in [1.54, 1.807) is 13.4 Å². The van der Waals surface area contributed by atoms with Crippen LogP contribution in [0, 0.1) is 0 Å². The number of para-hydroxylation sites is 1. The van der Waals surface area contributed by atoms with Gasteiger partial charge in [0.1, 0.15) is 12.1 Å². The maximum Gasteiger partial charge on any atom is 0.128 e. The second-order valence-corrected chi connectivity index (χ2v) is 5.26. The van der Waals surface area contributed by atoms with Gasteiger partial charge in [0.25, 0.3) is 0 Å². The SMILES string of the molecule is CCCCCCCc1cncnc1-c1ccccc1OC. The molecule has 2 aromatic rings. The smallest absolute Gasteiger partial charge is 0.128 e. The third-order valence-corrected chi connectivity index (χ3v) is 3.70. The maximum atomic E-state index is 5.45. The van der Waals surface area contributed by atoms with Gasteiger partial charge in [0.2, 0.25) is 0 Å². The van der Waals surface area contributed by atoms with Crippen molar-refractivity contribution >= 4 is 0 Å². The number of ether oxygens (including phenoxy) is 1. The standard InChI is InChI=1S/C18H24N2O/c1-3-4-5-6-7-10-15-13-19-14-20-18(15)16-11-8-9-12-17(16)21-2/h8-9,11-14H,3-7,10H2,1-2H3. The van der Waals surface area contributed by atoms with Gasteiger partial charge in [0.15, 0.2) is 0 Å². The summed E-state index contributed by atoms with van der Waals surface area (Å²) in [5, 5.41) is 0. The van der Waals surface area contributed by atoms with Crippen LogP contribution >= 0.6 is 0 Å². The minimum Gasteiger partial charge on any atom is -0.496 e. The first-order chi connectivity index (χ1) is 10.4. The molecule has 1 aromatic carbocycles. The predicted molar refractivity (Wildman–Crippen MR) is 86.5 cm³/mol. The van der Waals surface area contributed by atoms with E-state index in [2.05, 4.69) is 23.0 Å². The number of hydrogen-bond donors (Lipinski definition) is 0. The molecule has 0 saturated heterocycles. The van der Waals surface area contributed by atoms with Crippen LogP contribution in [0.5, 0.6) is 5.75 Å². The van der Waals surface area contributed by atoms with Crippen LogP contribution in [-0.2, 0) is 6.42 Å². The maximum absolute atomic E-state index is 5.45. The zero-order chi connectivity index (χ0) is 14.9. The molecule has 0 bridgehead atoms.